The van der Waals surface area contributed by atoms with Crippen LogP contribution in [0.5, 0.6) is 0 Å². The molecule has 0 radical (unpaired) electrons. The second-order valence-electron chi connectivity index (χ2n) is 10.1. The molecule has 1 saturated heterocycles. The zero-order chi connectivity index (χ0) is 26.9. The lowest BCUT2D eigenvalue weighted by molar-refractivity contribution is -0.351. The minimum atomic E-state index is -0.285. The molecule has 1 aliphatic rings. The number of anilines is 1. The Morgan fingerprint density at radius 2 is 1.69 bits per heavy atom. The van der Waals surface area contributed by atoms with Crippen LogP contribution in [-0.4, -0.2) is 49.9 Å². The fourth-order valence-electron chi connectivity index (χ4n) is 5.42. The van der Waals surface area contributed by atoms with E-state index in [1.165, 1.54) is 14.6 Å². The predicted molar refractivity (Wildman–Crippen MR) is 150 cm³/mol. The van der Waals surface area contributed by atoms with Crippen LogP contribution in [0.1, 0.15) is 17.0 Å². The number of morpholine rings is 1. The number of pyridine rings is 1. The van der Waals surface area contributed by atoms with Gasteiger partial charge in [-0.15, -0.1) is 9.50 Å². The average molecular weight is 523 g/mol. The van der Waals surface area contributed by atoms with E-state index in [1.807, 2.05) is 74.5 Å². The van der Waals surface area contributed by atoms with Crippen LogP contribution in [0, 0.1) is 13.8 Å². The molecule has 0 bridgehead atoms. The van der Waals surface area contributed by atoms with Crippen LogP contribution in [0.4, 0.5) is 5.95 Å². The van der Waals surface area contributed by atoms with Gasteiger partial charge in [0.15, 0.2) is 0 Å². The number of hydrogen-bond acceptors (Lipinski definition) is 6. The maximum absolute atomic E-state index is 13.7. The lowest BCUT2D eigenvalue weighted by Gasteiger charge is -2.35. The molecule has 4 heterocycles. The zero-order valence-electron chi connectivity index (χ0n) is 22.2. The third-order valence-corrected chi connectivity index (χ3v) is 7.20. The lowest BCUT2D eigenvalue weighted by Crippen LogP contribution is -2.48. The number of nitrogens with two attached hydrogens (primary N) is 1. The molecule has 0 amide bonds. The van der Waals surface area contributed by atoms with Crippen LogP contribution in [0.2, 0.25) is 0 Å². The summed E-state index contributed by atoms with van der Waals surface area (Å²) in [6.07, 6.45) is 0. The number of benzene rings is 2. The highest BCUT2D eigenvalue weighted by molar-refractivity contribution is 5.88. The number of aromatic amines is 1. The maximum atomic E-state index is 13.7. The van der Waals surface area contributed by atoms with Crippen LogP contribution in [0.15, 0.2) is 77.6 Å². The van der Waals surface area contributed by atoms with E-state index in [2.05, 4.69) is 27.0 Å². The number of fused-ring (bicyclic) bond motifs is 1. The Balaban J connectivity index is 1.48. The van der Waals surface area contributed by atoms with Crippen molar-refractivity contribution in [3.05, 3.63) is 100 Å². The first kappa shape index (κ1) is 25.0. The number of hydrogen-bond donors (Lipinski definition) is 1. The number of nitrogens with zero attached hydrogens (tertiary/aromatic N) is 5. The molecule has 1 fully saturated rings. The molecule has 2 aromatic carbocycles. The molecule has 1 aliphatic heterocycles. The van der Waals surface area contributed by atoms with Crippen molar-refractivity contribution in [2.75, 3.05) is 25.5 Å². The first-order valence-corrected chi connectivity index (χ1v) is 13.2. The zero-order valence-corrected chi connectivity index (χ0v) is 22.2. The highest BCUT2D eigenvalue weighted by Crippen LogP contribution is 2.33. The Kier molecular flexibility index (Phi) is 6.68. The summed E-state index contributed by atoms with van der Waals surface area (Å²) in [5, 5.41) is 4.90. The first-order chi connectivity index (χ1) is 19.0. The fourth-order valence-corrected chi connectivity index (χ4v) is 5.42. The third-order valence-electron chi connectivity index (χ3n) is 7.20. The lowest BCUT2D eigenvalue weighted by atomic mass is 9.99. The highest BCUT2D eigenvalue weighted by Gasteiger charge is 2.29. The molecule has 1 atom stereocenters. The van der Waals surface area contributed by atoms with Gasteiger partial charge in [0.1, 0.15) is 5.69 Å². The third kappa shape index (κ3) is 4.94. The topological polar surface area (TPSA) is 105 Å². The summed E-state index contributed by atoms with van der Waals surface area (Å²) in [5.74, 6) is 0.229. The van der Waals surface area contributed by atoms with Crippen molar-refractivity contribution in [1.82, 2.24) is 24.1 Å². The minimum Gasteiger partial charge on any atom is -0.378 e. The van der Waals surface area contributed by atoms with E-state index in [0.29, 0.717) is 25.4 Å². The molecular weight excluding hydrogens is 490 g/mol. The van der Waals surface area contributed by atoms with Crippen molar-refractivity contribution < 1.29 is 9.72 Å². The van der Waals surface area contributed by atoms with Gasteiger partial charge in [-0.3, -0.25) is 15.6 Å². The summed E-state index contributed by atoms with van der Waals surface area (Å²) in [6, 6.07) is 24.3. The van der Waals surface area contributed by atoms with Gasteiger partial charge in [0.05, 0.1) is 31.4 Å². The molecule has 3 N–H and O–H groups in total. The van der Waals surface area contributed by atoms with Gasteiger partial charge in [-0.25, -0.2) is 9.78 Å². The van der Waals surface area contributed by atoms with Gasteiger partial charge in [0, 0.05) is 30.0 Å². The molecule has 0 saturated carbocycles. The molecule has 0 aliphatic carbocycles. The quantitative estimate of drug-likeness (QED) is 0.367. The molecule has 6 rings (SSSR count). The first-order valence-electron chi connectivity index (χ1n) is 13.2. The summed E-state index contributed by atoms with van der Waals surface area (Å²) < 4.78 is 8.82. The van der Waals surface area contributed by atoms with Crippen molar-refractivity contribution in [1.29, 1.82) is 0 Å². The van der Waals surface area contributed by atoms with Crippen LogP contribution in [0.3, 0.4) is 0 Å². The number of nitrogens with one attached hydrogen (secondary N) is 1. The Labute approximate surface area is 226 Å². The minimum absolute atomic E-state index is 0.00534. The Morgan fingerprint density at radius 3 is 2.41 bits per heavy atom. The number of nitrogen functional groups attached to an aromatic ring is 1. The second-order valence-corrected chi connectivity index (χ2v) is 10.1. The van der Waals surface area contributed by atoms with Crippen LogP contribution in [-0.2, 0) is 17.8 Å². The molecule has 9 nitrogen and oxygen atoms in total. The molecular formula is C30H32N7O2+. The standard InChI is InChI=1S/C30H31N7O2/c1-20-15-24(16-21(2)32-20)26-27(23-11-7-4-8-12-23)33-29(31)37-28(26)34-36(30(37)38)18-25-19-39-14-13-35(25)17-22-9-5-3-6-10-22/h3-12,15-16,25H,13-14,17-19H2,1-2H3,(H2,31,33)/p+1/t25-/m1/s1. The van der Waals surface area contributed by atoms with Gasteiger partial charge < -0.3 is 4.74 Å². The SMILES string of the molecule is Cc1cc(-c2c(-c3ccccc3)[nH+]c(N)n3c(=O)n(C[C@@H]4COCCN4Cc4ccccc4)nc23)cc(C)n1. The molecule has 39 heavy (non-hydrogen) atoms. The van der Waals surface area contributed by atoms with Gasteiger partial charge >= 0.3 is 11.6 Å². The summed E-state index contributed by atoms with van der Waals surface area (Å²) in [5.41, 5.74) is 13.2. The largest absolute Gasteiger partial charge is 0.411 e. The van der Waals surface area contributed by atoms with Crippen molar-refractivity contribution in [3.8, 4) is 22.4 Å². The molecule has 0 spiro atoms. The number of rotatable bonds is 6. The molecule has 198 valence electrons. The summed E-state index contributed by atoms with van der Waals surface area (Å²) in [4.78, 5) is 24.0. The fraction of sp³-hybridized carbons (Fsp3) is 0.267. The number of aromatic nitrogens is 5. The van der Waals surface area contributed by atoms with Crippen molar-refractivity contribution >= 4 is 11.6 Å². The average Bonchev–Trinajstić information content (AvgIpc) is 3.26. The number of ether oxygens (including phenoxy) is 1. The van der Waals surface area contributed by atoms with Gasteiger partial charge in [-0.1, -0.05) is 60.7 Å². The van der Waals surface area contributed by atoms with E-state index in [4.69, 9.17) is 15.6 Å². The summed E-state index contributed by atoms with van der Waals surface area (Å²) >= 11 is 0. The van der Waals surface area contributed by atoms with E-state index in [0.717, 1.165) is 46.9 Å². The molecule has 0 unspecified atom stereocenters. The summed E-state index contributed by atoms with van der Waals surface area (Å²) in [6.45, 7) is 7.08. The van der Waals surface area contributed by atoms with Crippen LogP contribution in [0.25, 0.3) is 28.0 Å². The Bertz CT molecular complexity index is 1660. The smallest absolute Gasteiger partial charge is 0.378 e. The van der Waals surface area contributed by atoms with Crippen molar-refractivity contribution in [2.24, 2.45) is 0 Å². The highest BCUT2D eigenvalue weighted by atomic mass is 16.5. The van der Waals surface area contributed by atoms with Gasteiger partial charge in [0.2, 0.25) is 5.65 Å². The molecule has 9 heteroatoms. The van der Waals surface area contributed by atoms with Crippen molar-refractivity contribution in [3.63, 3.8) is 0 Å². The Morgan fingerprint density at radius 1 is 1.00 bits per heavy atom. The normalized spacial score (nSPS) is 16.1. The van der Waals surface area contributed by atoms with E-state index in [1.54, 1.807) is 0 Å². The van der Waals surface area contributed by atoms with Crippen LogP contribution < -0.4 is 16.4 Å². The predicted octanol–water partition coefficient (Wildman–Crippen LogP) is 3.14. The van der Waals surface area contributed by atoms with Crippen molar-refractivity contribution in [2.45, 2.75) is 33.0 Å². The molecule has 5 aromatic rings. The van der Waals surface area contributed by atoms with Gasteiger partial charge in [-0.05, 0) is 37.1 Å². The summed E-state index contributed by atoms with van der Waals surface area (Å²) in [7, 11) is 0. The van der Waals surface area contributed by atoms with Gasteiger partial charge in [-0.2, -0.15) is 4.68 Å². The van der Waals surface area contributed by atoms with E-state index in [-0.39, 0.29) is 17.7 Å². The van der Waals surface area contributed by atoms with E-state index < -0.39 is 0 Å². The Hall–Kier alpha value is -4.34. The maximum Gasteiger partial charge on any atom is 0.411 e. The van der Waals surface area contributed by atoms with Crippen LogP contribution >= 0.6 is 0 Å². The monoisotopic (exact) mass is 522 g/mol. The number of aryl methyl sites for hydroxylation is 2. The van der Waals surface area contributed by atoms with Gasteiger partial charge in [0.25, 0.3) is 0 Å². The van der Waals surface area contributed by atoms with E-state index in [9.17, 15) is 4.79 Å². The second kappa shape index (κ2) is 10.4. The number of H-pyrrole nitrogens is 1. The molecule has 3 aromatic heterocycles. The van der Waals surface area contributed by atoms with E-state index >= 15 is 0 Å².